The summed E-state index contributed by atoms with van der Waals surface area (Å²) in [4.78, 5) is 0. The maximum Gasteiger partial charge on any atom is 0.266 e. The van der Waals surface area contributed by atoms with E-state index in [1.807, 2.05) is 13.8 Å². The van der Waals surface area contributed by atoms with Crippen LogP contribution in [-0.2, 0) is 9.09 Å². The number of halogens is 1. The molecular formula is C6H10ClO2P. The van der Waals surface area contributed by atoms with Crippen molar-refractivity contribution in [2.45, 2.75) is 13.8 Å². The Morgan fingerprint density at radius 1 is 1.70 bits per heavy atom. The average molecular weight is 181 g/mol. The molecule has 0 saturated carbocycles. The molecule has 0 aromatic rings. The van der Waals surface area contributed by atoms with Gasteiger partial charge in [-0.3, -0.25) is 4.57 Å². The molecule has 1 atom stereocenters. The van der Waals surface area contributed by atoms with Gasteiger partial charge in [0.25, 0.3) is 7.37 Å². The molecular weight excluding hydrogens is 170 g/mol. The summed E-state index contributed by atoms with van der Waals surface area (Å²) in [5, 5.41) is 0. The van der Waals surface area contributed by atoms with Crippen molar-refractivity contribution in [2.75, 3.05) is 11.8 Å². The molecule has 0 N–H and O–H groups in total. The molecule has 0 amide bonds. The van der Waals surface area contributed by atoms with Crippen LogP contribution in [0.15, 0.2) is 11.3 Å². The second kappa shape index (κ2) is 2.60. The topological polar surface area (TPSA) is 26.3 Å². The lowest BCUT2D eigenvalue weighted by Gasteiger charge is -2.07. The van der Waals surface area contributed by atoms with Gasteiger partial charge < -0.3 is 4.52 Å². The number of allylic oxidation sites excluding steroid dienone is 2. The third-order valence-electron chi connectivity index (χ3n) is 1.56. The Labute approximate surface area is 65.7 Å². The number of rotatable bonds is 1. The van der Waals surface area contributed by atoms with Crippen molar-refractivity contribution in [3.63, 3.8) is 0 Å². The molecule has 0 bridgehead atoms. The second-order valence-electron chi connectivity index (χ2n) is 2.52. The van der Waals surface area contributed by atoms with Crippen molar-refractivity contribution >= 4 is 19.0 Å². The summed E-state index contributed by atoms with van der Waals surface area (Å²) in [6.45, 7) is 3.74. The zero-order chi connectivity index (χ0) is 7.78. The minimum Gasteiger partial charge on any atom is -0.447 e. The van der Waals surface area contributed by atoms with Crippen molar-refractivity contribution in [1.82, 2.24) is 0 Å². The normalized spacial score (nSPS) is 32.7. The highest BCUT2D eigenvalue weighted by molar-refractivity contribution is 7.61. The van der Waals surface area contributed by atoms with Crippen molar-refractivity contribution < 1.29 is 9.09 Å². The summed E-state index contributed by atoms with van der Waals surface area (Å²) in [6, 6.07) is 0. The molecule has 0 aliphatic carbocycles. The van der Waals surface area contributed by atoms with E-state index >= 15 is 0 Å². The lowest BCUT2D eigenvalue weighted by atomic mass is 10.3. The Kier molecular flexibility index (Phi) is 2.12. The zero-order valence-corrected chi connectivity index (χ0v) is 7.71. The first-order chi connectivity index (χ1) is 4.57. The zero-order valence-electron chi connectivity index (χ0n) is 6.06. The van der Waals surface area contributed by atoms with Crippen LogP contribution < -0.4 is 0 Å². The van der Waals surface area contributed by atoms with E-state index in [1.54, 1.807) is 0 Å². The first-order valence-electron chi connectivity index (χ1n) is 3.07. The van der Waals surface area contributed by atoms with Crippen molar-refractivity contribution in [2.24, 2.45) is 0 Å². The van der Waals surface area contributed by atoms with Crippen LogP contribution in [0, 0.1) is 0 Å². The van der Waals surface area contributed by atoms with E-state index in [1.165, 1.54) is 0 Å². The van der Waals surface area contributed by atoms with E-state index in [0.717, 1.165) is 11.3 Å². The Hall–Kier alpha value is 0.0600. The quantitative estimate of drug-likeness (QED) is 0.458. The van der Waals surface area contributed by atoms with Crippen LogP contribution in [-0.4, -0.2) is 11.8 Å². The second-order valence-corrected chi connectivity index (χ2v) is 5.60. The van der Waals surface area contributed by atoms with Crippen molar-refractivity contribution in [3.05, 3.63) is 11.3 Å². The molecule has 1 rings (SSSR count). The maximum absolute atomic E-state index is 11.4. The molecule has 1 heterocycles. The molecule has 0 spiro atoms. The molecule has 0 saturated heterocycles. The van der Waals surface area contributed by atoms with E-state index in [-0.39, 0.29) is 5.62 Å². The van der Waals surface area contributed by atoms with Gasteiger partial charge in [0.1, 0.15) is 11.4 Å². The Morgan fingerprint density at radius 2 is 2.30 bits per heavy atom. The van der Waals surface area contributed by atoms with Crippen molar-refractivity contribution in [1.29, 1.82) is 0 Å². The van der Waals surface area contributed by atoms with Gasteiger partial charge in [-0.25, -0.2) is 0 Å². The molecule has 2 nitrogen and oxygen atoms in total. The summed E-state index contributed by atoms with van der Waals surface area (Å²) < 4.78 is 16.5. The highest BCUT2D eigenvalue weighted by Gasteiger charge is 2.30. The van der Waals surface area contributed by atoms with E-state index < -0.39 is 7.37 Å². The minimum absolute atomic E-state index is 0.127. The summed E-state index contributed by atoms with van der Waals surface area (Å²) in [5.74, 6) is 0.781. The standard InChI is InChI=1S/C6H10ClO2P/c1-5-3-10(8,4-7)9-6(5)2/h3-4H2,1-2H3. The van der Waals surface area contributed by atoms with Gasteiger partial charge >= 0.3 is 0 Å². The van der Waals surface area contributed by atoms with Crippen LogP contribution in [0.3, 0.4) is 0 Å². The molecule has 1 unspecified atom stereocenters. The van der Waals surface area contributed by atoms with Crippen LogP contribution in [0.2, 0.25) is 0 Å². The summed E-state index contributed by atoms with van der Waals surface area (Å²) in [6.07, 6.45) is 0.530. The number of hydrogen-bond donors (Lipinski definition) is 0. The molecule has 1 aliphatic rings. The minimum atomic E-state index is -2.47. The van der Waals surface area contributed by atoms with Crippen LogP contribution in [0.25, 0.3) is 0 Å². The predicted octanol–water partition coefficient (Wildman–Crippen LogP) is 2.78. The third-order valence-corrected chi connectivity index (χ3v) is 4.58. The fraction of sp³-hybridized carbons (Fsp3) is 0.667. The fourth-order valence-electron chi connectivity index (χ4n) is 0.899. The number of hydrogen-bond acceptors (Lipinski definition) is 2. The third kappa shape index (κ3) is 1.38. The monoisotopic (exact) mass is 180 g/mol. The highest BCUT2D eigenvalue weighted by Crippen LogP contribution is 2.56. The Morgan fingerprint density at radius 3 is 2.50 bits per heavy atom. The van der Waals surface area contributed by atoms with Crippen LogP contribution in [0.5, 0.6) is 0 Å². The molecule has 0 radical (unpaired) electrons. The average Bonchev–Trinajstić information content (AvgIpc) is 2.10. The molecule has 4 heteroatoms. The van der Waals surface area contributed by atoms with Crippen molar-refractivity contribution in [3.8, 4) is 0 Å². The first kappa shape index (κ1) is 8.16. The van der Waals surface area contributed by atoms with Crippen LogP contribution >= 0.6 is 19.0 Å². The fourth-order valence-corrected chi connectivity index (χ4v) is 3.10. The summed E-state index contributed by atoms with van der Waals surface area (Å²) >= 11 is 5.46. The van der Waals surface area contributed by atoms with E-state index in [9.17, 15) is 4.57 Å². The van der Waals surface area contributed by atoms with E-state index in [0.29, 0.717) is 6.16 Å². The van der Waals surface area contributed by atoms with Crippen LogP contribution in [0.1, 0.15) is 13.8 Å². The first-order valence-corrected chi connectivity index (χ1v) is 5.60. The molecule has 0 aromatic carbocycles. The smallest absolute Gasteiger partial charge is 0.266 e. The lowest BCUT2D eigenvalue weighted by Crippen LogP contribution is -1.84. The van der Waals surface area contributed by atoms with E-state index in [2.05, 4.69) is 0 Å². The van der Waals surface area contributed by atoms with E-state index in [4.69, 9.17) is 16.1 Å². The van der Waals surface area contributed by atoms with Gasteiger partial charge in [0.2, 0.25) is 0 Å². The summed E-state index contributed by atoms with van der Waals surface area (Å²) in [5.41, 5.74) is 1.19. The predicted molar refractivity (Wildman–Crippen MR) is 42.7 cm³/mol. The van der Waals surface area contributed by atoms with Gasteiger partial charge in [0.15, 0.2) is 0 Å². The van der Waals surface area contributed by atoms with Gasteiger partial charge in [-0.05, 0) is 19.4 Å². The maximum atomic E-state index is 11.4. The molecule has 10 heavy (non-hydrogen) atoms. The van der Waals surface area contributed by atoms with Gasteiger partial charge in [0, 0.05) is 0 Å². The molecule has 0 aromatic heterocycles. The molecule has 1 aliphatic heterocycles. The summed E-state index contributed by atoms with van der Waals surface area (Å²) in [7, 11) is -2.47. The van der Waals surface area contributed by atoms with Gasteiger partial charge in [-0.1, -0.05) is 0 Å². The molecule has 58 valence electrons. The Balaban J connectivity index is 2.76. The highest BCUT2D eigenvalue weighted by atomic mass is 35.5. The van der Waals surface area contributed by atoms with Gasteiger partial charge in [-0.2, -0.15) is 0 Å². The van der Waals surface area contributed by atoms with Gasteiger partial charge in [-0.15, -0.1) is 11.6 Å². The largest absolute Gasteiger partial charge is 0.447 e. The lowest BCUT2D eigenvalue weighted by molar-refractivity contribution is 0.422. The Bertz CT molecular complexity index is 204. The van der Waals surface area contributed by atoms with Gasteiger partial charge in [0.05, 0.1) is 6.16 Å². The van der Waals surface area contributed by atoms with Crippen LogP contribution in [0.4, 0.5) is 0 Å². The molecule has 0 fully saturated rings. The SMILES string of the molecule is CC1=C(C)OP(=O)(CCl)C1. The number of alkyl halides is 1.